The number of benzene rings is 2. The number of amides is 1. The topological polar surface area (TPSA) is 54.0 Å². The summed E-state index contributed by atoms with van der Waals surface area (Å²) >= 11 is 1.61. The molecule has 0 fully saturated rings. The fraction of sp³-hybridized carbons (Fsp3) is 0.120. The van der Waals surface area contributed by atoms with Gasteiger partial charge in [0, 0.05) is 22.2 Å². The zero-order valence-corrected chi connectivity index (χ0v) is 17.7. The molecule has 0 aliphatic carbocycles. The molecule has 0 saturated heterocycles. The van der Waals surface area contributed by atoms with Gasteiger partial charge >= 0.3 is 0 Å². The molecular formula is C25H23N3OS. The summed E-state index contributed by atoms with van der Waals surface area (Å²) in [5, 5.41) is 7.56. The second kappa shape index (κ2) is 8.93. The lowest BCUT2D eigenvalue weighted by Gasteiger charge is -2.22. The van der Waals surface area contributed by atoms with E-state index in [0.29, 0.717) is 5.56 Å². The predicted molar refractivity (Wildman–Crippen MR) is 124 cm³/mol. The van der Waals surface area contributed by atoms with E-state index in [-0.39, 0.29) is 11.9 Å². The van der Waals surface area contributed by atoms with E-state index in [9.17, 15) is 4.79 Å². The number of hydrogen-bond acceptors (Lipinski definition) is 4. The molecule has 30 heavy (non-hydrogen) atoms. The second-order valence-electron chi connectivity index (χ2n) is 7.05. The smallest absolute Gasteiger partial charge is 0.256 e. The van der Waals surface area contributed by atoms with E-state index >= 15 is 0 Å². The molecule has 4 rings (SSSR count). The summed E-state index contributed by atoms with van der Waals surface area (Å²) < 4.78 is 0. The molecule has 0 bridgehead atoms. The molecule has 4 aromatic rings. The second-order valence-corrected chi connectivity index (χ2v) is 8.27. The molecule has 0 radical (unpaired) electrons. The minimum absolute atomic E-state index is 0.109. The van der Waals surface area contributed by atoms with Gasteiger partial charge in [0.25, 0.3) is 5.91 Å². The Labute approximate surface area is 180 Å². The molecule has 4 nitrogen and oxygen atoms in total. The van der Waals surface area contributed by atoms with Crippen LogP contribution < -0.4 is 10.6 Å². The maximum Gasteiger partial charge on any atom is 0.256 e. The lowest BCUT2D eigenvalue weighted by molar-refractivity contribution is 0.102. The van der Waals surface area contributed by atoms with Crippen molar-refractivity contribution in [2.75, 3.05) is 10.6 Å². The van der Waals surface area contributed by atoms with Gasteiger partial charge in [-0.25, -0.2) is 4.98 Å². The van der Waals surface area contributed by atoms with Crippen molar-refractivity contribution in [3.8, 4) is 0 Å². The van der Waals surface area contributed by atoms with Gasteiger partial charge in [-0.1, -0.05) is 54.6 Å². The van der Waals surface area contributed by atoms with Crippen LogP contribution in [0.4, 0.5) is 10.8 Å². The molecule has 150 valence electrons. The Balaban J connectivity index is 1.76. The van der Waals surface area contributed by atoms with Gasteiger partial charge in [0.05, 0.1) is 6.04 Å². The highest BCUT2D eigenvalue weighted by molar-refractivity contribution is 7.16. The van der Waals surface area contributed by atoms with E-state index in [1.54, 1.807) is 17.5 Å². The molecule has 5 heteroatoms. The third-order valence-corrected chi connectivity index (χ3v) is 6.21. The highest BCUT2D eigenvalue weighted by Gasteiger charge is 2.25. The standard InChI is InChI=1S/C25H23N3OS/c1-17-18(2)30-25(28-24(29)20-13-7-4-8-14-20)22(17)23(19-11-5-3-6-12-19)27-21-15-9-10-16-26-21/h3-16,23H,1-2H3,(H,26,27)(H,28,29). The van der Waals surface area contributed by atoms with Crippen molar-refractivity contribution in [2.45, 2.75) is 19.9 Å². The Morgan fingerprint density at radius 3 is 2.23 bits per heavy atom. The number of nitrogens with zero attached hydrogens (tertiary/aromatic N) is 1. The summed E-state index contributed by atoms with van der Waals surface area (Å²) in [6.45, 7) is 4.19. The normalized spacial score (nSPS) is 11.7. The van der Waals surface area contributed by atoms with Crippen LogP contribution in [0.3, 0.4) is 0 Å². The summed E-state index contributed by atoms with van der Waals surface area (Å²) in [4.78, 5) is 18.5. The van der Waals surface area contributed by atoms with Crippen LogP contribution in [0.25, 0.3) is 0 Å². The summed E-state index contributed by atoms with van der Waals surface area (Å²) in [5.41, 5.74) is 3.99. The monoisotopic (exact) mass is 413 g/mol. The molecule has 1 atom stereocenters. The Hall–Kier alpha value is -3.44. The number of hydrogen-bond donors (Lipinski definition) is 2. The number of carbonyl (C=O) groups is 1. The molecule has 0 aliphatic rings. The Kier molecular flexibility index (Phi) is 5.91. The van der Waals surface area contributed by atoms with Crippen molar-refractivity contribution in [3.05, 3.63) is 112 Å². The van der Waals surface area contributed by atoms with Gasteiger partial charge in [-0.2, -0.15) is 0 Å². The van der Waals surface area contributed by atoms with Crippen molar-refractivity contribution in [1.29, 1.82) is 0 Å². The maximum absolute atomic E-state index is 12.9. The molecular weight excluding hydrogens is 390 g/mol. The van der Waals surface area contributed by atoms with E-state index in [1.807, 2.05) is 66.7 Å². The molecule has 2 aromatic carbocycles. The van der Waals surface area contributed by atoms with Gasteiger partial charge in [0.1, 0.15) is 10.8 Å². The van der Waals surface area contributed by atoms with Gasteiger partial charge in [0.2, 0.25) is 0 Å². The number of rotatable bonds is 6. The number of aromatic nitrogens is 1. The molecule has 0 aliphatic heterocycles. The lowest BCUT2D eigenvalue weighted by Crippen LogP contribution is -2.17. The van der Waals surface area contributed by atoms with Crippen LogP contribution in [0.1, 0.15) is 38.0 Å². The van der Waals surface area contributed by atoms with Crippen LogP contribution in [-0.2, 0) is 0 Å². The average Bonchev–Trinajstić information content (AvgIpc) is 3.07. The zero-order chi connectivity index (χ0) is 20.9. The number of aryl methyl sites for hydroxylation is 1. The largest absolute Gasteiger partial charge is 0.359 e. The highest BCUT2D eigenvalue weighted by atomic mass is 32.1. The molecule has 2 heterocycles. The third-order valence-electron chi connectivity index (χ3n) is 5.07. The SMILES string of the molecule is Cc1sc(NC(=O)c2ccccc2)c(C(Nc2ccccn2)c2ccccc2)c1C. The summed E-state index contributed by atoms with van der Waals surface area (Å²) in [6.07, 6.45) is 1.77. The minimum atomic E-state index is -0.142. The summed E-state index contributed by atoms with van der Waals surface area (Å²) in [6, 6.07) is 25.2. The third kappa shape index (κ3) is 4.26. The van der Waals surface area contributed by atoms with E-state index < -0.39 is 0 Å². The molecule has 2 aromatic heterocycles. The van der Waals surface area contributed by atoms with Crippen molar-refractivity contribution in [1.82, 2.24) is 4.98 Å². The first-order valence-corrected chi connectivity index (χ1v) is 10.6. The van der Waals surface area contributed by atoms with E-state index in [2.05, 4.69) is 41.6 Å². The van der Waals surface area contributed by atoms with Crippen LogP contribution in [0.5, 0.6) is 0 Å². The van der Waals surface area contributed by atoms with Crippen molar-refractivity contribution >= 4 is 28.1 Å². The van der Waals surface area contributed by atoms with Crippen LogP contribution in [-0.4, -0.2) is 10.9 Å². The molecule has 0 spiro atoms. The number of pyridine rings is 1. The predicted octanol–water partition coefficient (Wildman–Crippen LogP) is 6.21. The van der Waals surface area contributed by atoms with Gasteiger partial charge in [0.15, 0.2) is 0 Å². The molecule has 1 amide bonds. The van der Waals surface area contributed by atoms with Gasteiger partial charge < -0.3 is 10.6 Å². The Bertz CT molecular complexity index is 1130. The van der Waals surface area contributed by atoms with Crippen molar-refractivity contribution in [2.24, 2.45) is 0 Å². The van der Waals surface area contributed by atoms with Crippen molar-refractivity contribution < 1.29 is 4.79 Å². The van der Waals surface area contributed by atoms with Gasteiger partial charge in [-0.05, 0) is 49.2 Å². The molecule has 0 saturated carbocycles. The van der Waals surface area contributed by atoms with Crippen LogP contribution >= 0.6 is 11.3 Å². The fourth-order valence-corrected chi connectivity index (χ4v) is 4.51. The van der Waals surface area contributed by atoms with Crippen LogP contribution in [0.15, 0.2) is 85.1 Å². The quantitative estimate of drug-likeness (QED) is 0.395. The lowest BCUT2D eigenvalue weighted by atomic mass is 9.96. The first kappa shape index (κ1) is 19.9. The van der Waals surface area contributed by atoms with Gasteiger partial charge in [-0.3, -0.25) is 4.79 Å². The average molecular weight is 414 g/mol. The number of anilines is 2. The Morgan fingerprint density at radius 2 is 1.57 bits per heavy atom. The minimum Gasteiger partial charge on any atom is -0.359 e. The number of thiophene rings is 1. The zero-order valence-electron chi connectivity index (χ0n) is 16.9. The van der Waals surface area contributed by atoms with E-state index in [1.165, 1.54) is 10.4 Å². The first-order chi connectivity index (χ1) is 14.6. The fourth-order valence-electron chi connectivity index (χ4n) is 3.41. The van der Waals surface area contributed by atoms with Gasteiger partial charge in [-0.15, -0.1) is 11.3 Å². The maximum atomic E-state index is 12.9. The summed E-state index contributed by atoms with van der Waals surface area (Å²) in [5.74, 6) is 0.678. The Morgan fingerprint density at radius 1 is 0.900 bits per heavy atom. The first-order valence-electron chi connectivity index (χ1n) is 9.82. The van der Waals surface area contributed by atoms with E-state index in [4.69, 9.17) is 0 Å². The number of nitrogens with one attached hydrogen (secondary N) is 2. The van der Waals surface area contributed by atoms with Crippen LogP contribution in [0, 0.1) is 13.8 Å². The van der Waals surface area contributed by atoms with Crippen molar-refractivity contribution in [3.63, 3.8) is 0 Å². The molecule has 1 unspecified atom stereocenters. The number of carbonyl (C=O) groups excluding carboxylic acids is 1. The van der Waals surface area contributed by atoms with E-state index in [0.717, 1.165) is 21.9 Å². The highest BCUT2D eigenvalue weighted by Crippen LogP contribution is 2.40. The van der Waals surface area contributed by atoms with Crippen LogP contribution in [0.2, 0.25) is 0 Å². The summed E-state index contributed by atoms with van der Waals surface area (Å²) in [7, 11) is 0. The molecule has 2 N–H and O–H groups in total.